The van der Waals surface area contributed by atoms with Gasteiger partial charge in [-0.2, -0.15) is 5.26 Å². The van der Waals surface area contributed by atoms with Crippen LogP contribution in [0.15, 0.2) is 16.9 Å². The third-order valence-electron chi connectivity index (χ3n) is 4.62. The van der Waals surface area contributed by atoms with Crippen LogP contribution in [0, 0.1) is 24.2 Å². The number of aromatic amines is 1. The van der Waals surface area contributed by atoms with Gasteiger partial charge in [-0.3, -0.25) is 4.57 Å². The Labute approximate surface area is 118 Å². The molecule has 4 heteroatoms. The first-order valence-corrected chi connectivity index (χ1v) is 7.25. The van der Waals surface area contributed by atoms with Crippen molar-refractivity contribution in [3.63, 3.8) is 0 Å². The van der Waals surface area contributed by atoms with Gasteiger partial charge in [0, 0.05) is 6.04 Å². The highest BCUT2D eigenvalue weighted by Crippen LogP contribution is 2.33. The molecule has 1 saturated carbocycles. The van der Waals surface area contributed by atoms with Gasteiger partial charge in [-0.25, -0.2) is 4.79 Å². The molecule has 1 heterocycles. The lowest BCUT2D eigenvalue weighted by Crippen LogP contribution is -2.25. The minimum atomic E-state index is -0.0438. The highest BCUT2D eigenvalue weighted by Gasteiger charge is 2.23. The number of nitrogens with zero attached hydrogens (tertiary/aromatic N) is 2. The quantitative estimate of drug-likeness (QED) is 0.863. The number of H-pyrrole nitrogens is 1. The van der Waals surface area contributed by atoms with E-state index in [-0.39, 0.29) is 5.69 Å². The fourth-order valence-electron chi connectivity index (χ4n) is 3.32. The number of nitriles is 1. The summed E-state index contributed by atoms with van der Waals surface area (Å²) in [6.07, 6.45) is 4.48. The Morgan fingerprint density at radius 3 is 2.65 bits per heavy atom. The van der Waals surface area contributed by atoms with Crippen LogP contribution in [-0.4, -0.2) is 9.55 Å². The van der Waals surface area contributed by atoms with E-state index in [9.17, 15) is 4.79 Å². The van der Waals surface area contributed by atoms with E-state index in [0.29, 0.717) is 11.6 Å². The molecule has 1 fully saturated rings. The number of aromatic nitrogens is 2. The standard InChI is InChI=1S/C16H19N3O/c1-10-3-6-13(7-4-10)19-14-8-5-12(9-17)11(2)15(14)18-16(19)20/h5,8,10,13H,3-4,6-7H2,1-2H3,(H,18,20)/t10-,13-. The minimum Gasteiger partial charge on any atom is -0.305 e. The average molecular weight is 269 g/mol. The molecule has 3 rings (SSSR count). The summed E-state index contributed by atoms with van der Waals surface area (Å²) in [6.45, 7) is 4.17. The highest BCUT2D eigenvalue weighted by molar-refractivity contribution is 5.81. The normalized spacial score (nSPS) is 22.9. The Morgan fingerprint density at radius 1 is 1.30 bits per heavy atom. The molecule has 1 N–H and O–H groups in total. The number of hydrogen-bond acceptors (Lipinski definition) is 2. The molecule has 2 aromatic rings. The van der Waals surface area contributed by atoms with Crippen molar-refractivity contribution in [1.29, 1.82) is 5.26 Å². The molecule has 0 spiro atoms. The monoisotopic (exact) mass is 269 g/mol. The predicted molar refractivity (Wildman–Crippen MR) is 78.7 cm³/mol. The fraction of sp³-hybridized carbons (Fsp3) is 0.500. The largest absolute Gasteiger partial charge is 0.326 e. The third kappa shape index (κ3) is 1.94. The number of fused-ring (bicyclic) bond motifs is 1. The van der Waals surface area contributed by atoms with Crippen LogP contribution in [0.3, 0.4) is 0 Å². The zero-order valence-corrected chi connectivity index (χ0v) is 11.9. The van der Waals surface area contributed by atoms with E-state index in [1.165, 1.54) is 12.8 Å². The first kappa shape index (κ1) is 13.0. The van der Waals surface area contributed by atoms with Gasteiger partial charge in [0.25, 0.3) is 0 Å². The van der Waals surface area contributed by atoms with Crippen LogP contribution in [0.5, 0.6) is 0 Å². The van der Waals surface area contributed by atoms with Crippen LogP contribution in [0.4, 0.5) is 0 Å². The van der Waals surface area contributed by atoms with E-state index in [0.717, 1.165) is 35.4 Å². The molecule has 1 aliphatic rings. The Kier molecular flexibility index (Phi) is 3.13. The number of rotatable bonds is 1. The van der Waals surface area contributed by atoms with Crippen LogP contribution in [0.25, 0.3) is 11.0 Å². The van der Waals surface area contributed by atoms with Gasteiger partial charge in [-0.15, -0.1) is 0 Å². The third-order valence-corrected chi connectivity index (χ3v) is 4.62. The minimum absolute atomic E-state index is 0.0438. The summed E-state index contributed by atoms with van der Waals surface area (Å²) in [5.41, 5.74) is 3.20. The Morgan fingerprint density at radius 2 is 2.00 bits per heavy atom. The van der Waals surface area contributed by atoms with E-state index in [1.807, 2.05) is 23.6 Å². The van der Waals surface area contributed by atoms with Crippen molar-refractivity contribution in [1.82, 2.24) is 9.55 Å². The smallest absolute Gasteiger partial charge is 0.305 e. The predicted octanol–water partition coefficient (Wildman–Crippen LogP) is 3.26. The summed E-state index contributed by atoms with van der Waals surface area (Å²) >= 11 is 0. The molecule has 0 aliphatic heterocycles. The Bertz CT molecular complexity index is 739. The molecule has 0 bridgehead atoms. The van der Waals surface area contributed by atoms with Gasteiger partial charge in [0.2, 0.25) is 0 Å². The molecule has 1 aliphatic carbocycles. The molecule has 0 atom stereocenters. The van der Waals surface area contributed by atoms with E-state index in [1.54, 1.807) is 0 Å². The molecule has 1 aromatic carbocycles. The highest BCUT2D eigenvalue weighted by atomic mass is 16.1. The van der Waals surface area contributed by atoms with Crippen LogP contribution in [-0.2, 0) is 0 Å². The summed E-state index contributed by atoms with van der Waals surface area (Å²) in [5.74, 6) is 0.763. The van der Waals surface area contributed by atoms with Crippen molar-refractivity contribution < 1.29 is 0 Å². The zero-order valence-electron chi connectivity index (χ0n) is 11.9. The Hall–Kier alpha value is -2.02. The maximum absolute atomic E-state index is 12.3. The maximum Gasteiger partial charge on any atom is 0.326 e. The molecule has 1 aromatic heterocycles. The number of aryl methyl sites for hydroxylation is 1. The van der Waals surface area contributed by atoms with E-state index in [2.05, 4.69) is 18.0 Å². The number of benzene rings is 1. The van der Waals surface area contributed by atoms with Crippen molar-refractivity contribution >= 4 is 11.0 Å². The van der Waals surface area contributed by atoms with Crippen molar-refractivity contribution in [2.24, 2.45) is 5.92 Å². The summed E-state index contributed by atoms with van der Waals surface area (Å²) in [4.78, 5) is 15.2. The first-order chi connectivity index (χ1) is 9.61. The van der Waals surface area contributed by atoms with E-state index < -0.39 is 0 Å². The van der Waals surface area contributed by atoms with Gasteiger partial charge >= 0.3 is 5.69 Å². The topological polar surface area (TPSA) is 61.6 Å². The second-order valence-electron chi connectivity index (χ2n) is 5.96. The van der Waals surface area contributed by atoms with Gasteiger partial charge in [-0.1, -0.05) is 6.92 Å². The molecule has 0 unspecified atom stereocenters. The SMILES string of the molecule is Cc1c(C#N)ccc2c1[nH]c(=O)n2[C@H]1CC[C@H](C)CC1. The first-order valence-electron chi connectivity index (χ1n) is 7.25. The fourth-order valence-corrected chi connectivity index (χ4v) is 3.32. The van der Waals surface area contributed by atoms with Crippen LogP contribution >= 0.6 is 0 Å². The Balaban J connectivity index is 2.13. The van der Waals surface area contributed by atoms with Gasteiger partial charge in [0.15, 0.2) is 0 Å². The molecule has 104 valence electrons. The molecular formula is C16H19N3O. The molecule has 20 heavy (non-hydrogen) atoms. The summed E-state index contributed by atoms with van der Waals surface area (Å²) in [5, 5.41) is 9.08. The lowest BCUT2D eigenvalue weighted by molar-refractivity contribution is 0.290. The van der Waals surface area contributed by atoms with Crippen molar-refractivity contribution in [3.8, 4) is 6.07 Å². The second-order valence-corrected chi connectivity index (χ2v) is 5.96. The lowest BCUT2D eigenvalue weighted by atomic mass is 9.87. The van der Waals surface area contributed by atoms with Crippen LogP contribution in [0.1, 0.15) is 49.8 Å². The molecular weight excluding hydrogens is 250 g/mol. The molecule has 0 amide bonds. The number of imidazole rings is 1. The molecule has 0 saturated heterocycles. The van der Waals surface area contributed by atoms with Crippen molar-refractivity contribution in [2.75, 3.05) is 0 Å². The second kappa shape index (κ2) is 4.82. The van der Waals surface area contributed by atoms with E-state index in [4.69, 9.17) is 5.26 Å². The van der Waals surface area contributed by atoms with Crippen LogP contribution in [0.2, 0.25) is 0 Å². The van der Waals surface area contributed by atoms with E-state index >= 15 is 0 Å². The average Bonchev–Trinajstić information content (AvgIpc) is 2.78. The van der Waals surface area contributed by atoms with Crippen molar-refractivity contribution in [3.05, 3.63) is 33.7 Å². The van der Waals surface area contributed by atoms with Crippen LogP contribution < -0.4 is 5.69 Å². The van der Waals surface area contributed by atoms with Gasteiger partial charge in [0.1, 0.15) is 0 Å². The lowest BCUT2D eigenvalue weighted by Gasteiger charge is -2.27. The number of hydrogen-bond donors (Lipinski definition) is 1. The zero-order chi connectivity index (χ0) is 14.3. The summed E-state index contributed by atoms with van der Waals surface area (Å²) in [7, 11) is 0. The van der Waals surface area contributed by atoms with Crippen molar-refractivity contribution in [2.45, 2.75) is 45.6 Å². The van der Waals surface area contributed by atoms with Gasteiger partial charge in [0.05, 0.1) is 22.7 Å². The molecule has 0 radical (unpaired) electrons. The summed E-state index contributed by atoms with van der Waals surface area (Å²) in [6, 6.07) is 6.17. The molecule has 4 nitrogen and oxygen atoms in total. The number of nitrogens with one attached hydrogen (secondary N) is 1. The maximum atomic E-state index is 12.3. The summed E-state index contributed by atoms with van der Waals surface area (Å²) < 4.78 is 1.90. The van der Waals surface area contributed by atoms with Gasteiger partial charge in [-0.05, 0) is 56.2 Å². The van der Waals surface area contributed by atoms with Gasteiger partial charge < -0.3 is 4.98 Å².